The molecule has 0 aromatic heterocycles. The first-order valence-electron chi connectivity index (χ1n) is 11.6. The molecule has 32 heavy (non-hydrogen) atoms. The molecule has 4 heteroatoms. The lowest BCUT2D eigenvalue weighted by Crippen LogP contribution is -2.35. The number of allylic oxidation sites excluding steroid dienone is 7. The van der Waals surface area contributed by atoms with E-state index in [9.17, 15) is 15.0 Å². The maximum atomic E-state index is 13.2. The quantitative estimate of drug-likeness (QED) is 0.493. The van der Waals surface area contributed by atoms with E-state index in [2.05, 4.69) is 58.2 Å². The molecular weight excluding hydrogens is 398 g/mol. The lowest BCUT2D eigenvalue weighted by molar-refractivity contribution is -0.118. The van der Waals surface area contributed by atoms with Gasteiger partial charge in [-0.3, -0.25) is 4.79 Å². The number of benzene rings is 1. The van der Waals surface area contributed by atoms with E-state index in [1.54, 1.807) is 12.1 Å². The van der Waals surface area contributed by atoms with Crippen LogP contribution in [0, 0.1) is 16.7 Å². The zero-order chi connectivity index (χ0) is 23.3. The van der Waals surface area contributed by atoms with Gasteiger partial charge in [0.1, 0.15) is 11.5 Å². The van der Waals surface area contributed by atoms with Crippen molar-refractivity contribution in [2.75, 3.05) is 0 Å². The second-order valence-electron chi connectivity index (χ2n) is 11.1. The van der Waals surface area contributed by atoms with Crippen molar-refractivity contribution >= 4 is 5.78 Å². The Kier molecular flexibility index (Phi) is 5.60. The van der Waals surface area contributed by atoms with E-state index in [0.717, 1.165) is 36.2 Å². The molecule has 0 amide bonds. The number of ketones is 1. The van der Waals surface area contributed by atoms with Crippen LogP contribution in [0.5, 0.6) is 11.5 Å². The third kappa shape index (κ3) is 4.28. The van der Waals surface area contributed by atoms with Gasteiger partial charge in [-0.15, -0.1) is 0 Å². The van der Waals surface area contributed by atoms with Gasteiger partial charge in [0.15, 0.2) is 5.78 Å². The molecule has 3 aliphatic rings. The summed E-state index contributed by atoms with van der Waals surface area (Å²) in [5.41, 5.74) is 4.76. The number of hydrogen-bond acceptors (Lipinski definition) is 4. The molecule has 0 saturated carbocycles. The van der Waals surface area contributed by atoms with Gasteiger partial charge in [-0.1, -0.05) is 51.5 Å². The number of hydrogen-bond donors (Lipinski definition) is 3. The minimum absolute atomic E-state index is 0.00755. The number of carbonyl (C=O) groups excluding carboxylic acids is 1. The summed E-state index contributed by atoms with van der Waals surface area (Å²) >= 11 is 0. The number of carbonyl (C=O) groups is 1. The molecule has 4 rings (SSSR count). The van der Waals surface area contributed by atoms with Gasteiger partial charge < -0.3 is 15.5 Å². The standard InChI is InChI=1S/C28H35NO3/c1-17-7-6-12-28(4,5)22(17)11-8-18-13-21(20-10-9-19(30)14-24(20)31)26-23(29-18)15-27(2,3)16-25(26)32/h7-11,13-14,21-22,29-31H,6,12,15-16H2,1-5H3/b11-8+. The van der Waals surface area contributed by atoms with Gasteiger partial charge in [0.25, 0.3) is 0 Å². The van der Waals surface area contributed by atoms with Crippen LogP contribution in [0.4, 0.5) is 0 Å². The third-order valence-electron chi connectivity index (χ3n) is 7.28. The number of dihydropyridines is 1. The Morgan fingerprint density at radius 3 is 2.56 bits per heavy atom. The number of nitrogens with one attached hydrogen (secondary N) is 1. The van der Waals surface area contributed by atoms with E-state index < -0.39 is 0 Å². The molecule has 2 unspecified atom stereocenters. The number of phenols is 2. The van der Waals surface area contributed by atoms with Crippen LogP contribution in [-0.2, 0) is 4.79 Å². The molecule has 0 fully saturated rings. The summed E-state index contributed by atoms with van der Waals surface area (Å²) in [6.45, 7) is 11.1. The molecule has 1 heterocycles. The summed E-state index contributed by atoms with van der Waals surface area (Å²) < 4.78 is 0. The van der Waals surface area contributed by atoms with Crippen LogP contribution in [0.1, 0.15) is 71.8 Å². The fraction of sp³-hybridized carbons (Fsp3) is 0.464. The van der Waals surface area contributed by atoms with Crippen molar-refractivity contribution in [3.8, 4) is 11.5 Å². The van der Waals surface area contributed by atoms with Crippen molar-refractivity contribution in [3.63, 3.8) is 0 Å². The van der Waals surface area contributed by atoms with Crippen LogP contribution in [0.15, 0.2) is 65.0 Å². The predicted octanol–water partition coefficient (Wildman–Crippen LogP) is 6.25. The first-order chi connectivity index (χ1) is 15.0. The number of phenolic OH excluding ortho intramolecular Hbond substituents is 2. The molecule has 1 aromatic rings. The van der Waals surface area contributed by atoms with Gasteiger partial charge >= 0.3 is 0 Å². The lowest BCUT2D eigenvalue weighted by Gasteiger charge is -2.38. The first-order valence-corrected chi connectivity index (χ1v) is 11.6. The molecule has 0 bridgehead atoms. The van der Waals surface area contributed by atoms with E-state index in [1.807, 2.05) is 6.08 Å². The van der Waals surface area contributed by atoms with Gasteiger partial charge in [-0.2, -0.15) is 0 Å². The highest BCUT2D eigenvalue weighted by Crippen LogP contribution is 2.46. The van der Waals surface area contributed by atoms with Crippen LogP contribution < -0.4 is 5.32 Å². The summed E-state index contributed by atoms with van der Waals surface area (Å²) in [6, 6.07) is 4.63. The first kappa shape index (κ1) is 22.4. The fourth-order valence-corrected chi connectivity index (χ4v) is 5.61. The highest BCUT2D eigenvalue weighted by molar-refractivity contribution is 6.00. The molecule has 0 spiro atoms. The molecule has 0 radical (unpaired) electrons. The van der Waals surface area contributed by atoms with Gasteiger partial charge in [0.2, 0.25) is 0 Å². The second kappa shape index (κ2) is 7.99. The van der Waals surface area contributed by atoms with Crippen LogP contribution in [-0.4, -0.2) is 16.0 Å². The van der Waals surface area contributed by atoms with Crippen molar-refractivity contribution in [3.05, 3.63) is 70.6 Å². The topological polar surface area (TPSA) is 69.6 Å². The highest BCUT2D eigenvalue weighted by atomic mass is 16.3. The molecular formula is C28H35NO3. The summed E-state index contributed by atoms with van der Waals surface area (Å²) in [5.74, 6) is 0.155. The number of rotatable bonds is 3. The summed E-state index contributed by atoms with van der Waals surface area (Å²) in [5, 5.41) is 23.9. The van der Waals surface area contributed by atoms with Crippen LogP contribution in [0.25, 0.3) is 0 Å². The Morgan fingerprint density at radius 1 is 1.12 bits per heavy atom. The smallest absolute Gasteiger partial charge is 0.162 e. The summed E-state index contributed by atoms with van der Waals surface area (Å²) in [7, 11) is 0. The average molecular weight is 434 g/mol. The van der Waals surface area contributed by atoms with Gasteiger partial charge in [-0.05, 0) is 55.2 Å². The Bertz CT molecular complexity index is 1070. The normalized spacial score (nSPS) is 27.0. The second-order valence-corrected chi connectivity index (χ2v) is 11.1. The van der Waals surface area contributed by atoms with E-state index >= 15 is 0 Å². The van der Waals surface area contributed by atoms with Crippen molar-refractivity contribution < 1.29 is 15.0 Å². The lowest BCUT2D eigenvalue weighted by atomic mass is 9.68. The van der Waals surface area contributed by atoms with Gasteiger partial charge in [-0.25, -0.2) is 0 Å². The van der Waals surface area contributed by atoms with Gasteiger partial charge in [0, 0.05) is 46.9 Å². The number of Topliss-reactive ketones (excluding diaryl/α,β-unsaturated/α-hetero) is 1. The third-order valence-corrected chi connectivity index (χ3v) is 7.28. The molecule has 2 aliphatic carbocycles. The SMILES string of the molecule is CC1=CCCC(C)(C)C1/C=C/C1=CC(c2ccc(O)cc2O)C2=C(CC(C)(C)CC2=O)N1. The van der Waals surface area contributed by atoms with E-state index in [0.29, 0.717) is 17.9 Å². The molecule has 2 atom stereocenters. The maximum Gasteiger partial charge on any atom is 0.162 e. The fourth-order valence-electron chi connectivity index (χ4n) is 5.61. The zero-order valence-electron chi connectivity index (χ0n) is 19.8. The molecule has 3 N–H and O–H groups in total. The maximum absolute atomic E-state index is 13.2. The van der Waals surface area contributed by atoms with Crippen molar-refractivity contribution in [2.24, 2.45) is 16.7 Å². The predicted molar refractivity (Wildman–Crippen MR) is 128 cm³/mol. The molecule has 170 valence electrons. The highest BCUT2D eigenvalue weighted by Gasteiger charge is 2.39. The molecule has 0 saturated heterocycles. The average Bonchev–Trinajstić information content (AvgIpc) is 2.65. The molecule has 1 aliphatic heterocycles. The monoisotopic (exact) mass is 433 g/mol. The summed E-state index contributed by atoms with van der Waals surface area (Å²) in [4.78, 5) is 13.2. The largest absolute Gasteiger partial charge is 0.508 e. The van der Waals surface area contributed by atoms with Gasteiger partial charge in [0.05, 0.1) is 0 Å². The van der Waals surface area contributed by atoms with Crippen LogP contribution in [0.3, 0.4) is 0 Å². The van der Waals surface area contributed by atoms with Crippen molar-refractivity contribution in [1.29, 1.82) is 0 Å². The number of aromatic hydroxyl groups is 2. The Morgan fingerprint density at radius 2 is 1.88 bits per heavy atom. The minimum Gasteiger partial charge on any atom is -0.508 e. The Balaban J connectivity index is 1.75. The molecule has 4 nitrogen and oxygen atoms in total. The zero-order valence-corrected chi connectivity index (χ0v) is 19.8. The minimum atomic E-state index is -0.342. The van der Waals surface area contributed by atoms with E-state index in [-0.39, 0.29) is 34.0 Å². The van der Waals surface area contributed by atoms with Crippen molar-refractivity contribution in [2.45, 2.75) is 66.2 Å². The van der Waals surface area contributed by atoms with Crippen LogP contribution >= 0.6 is 0 Å². The molecule has 1 aromatic carbocycles. The van der Waals surface area contributed by atoms with E-state index in [4.69, 9.17) is 0 Å². The Labute approximate surface area is 191 Å². The van der Waals surface area contributed by atoms with Crippen molar-refractivity contribution in [1.82, 2.24) is 5.32 Å². The van der Waals surface area contributed by atoms with E-state index in [1.165, 1.54) is 11.6 Å². The van der Waals surface area contributed by atoms with Crippen LogP contribution in [0.2, 0.25) is 0 Å². The summed E-state index contributed by atoms with van der Waals surface area (Å²) in [6.07, 6.45) is 12.3. The Hall–Kier alpha value is -2.75.